The Hall–Kier alpha value is -3.72. The molecule has 9 nitrogen and oxygen atoms in total. The number of hydrogen-bond donors (Lipinski definition) is 3. The van der Waals surface area contributed by atoms with Crippen LogP contribution in [0.3, 0.4) is 0 Å². The van der Waals surface area contributed by atoms with Crippen molar-refractivity contribution in [3.05, 3.63) is 66.2 Å². The maximum Gasteiger partial charge on any atom is 0.257 e. The Bertz CT molecular complexity index is 1150. The molecule has 0 radical (unpaired) electrons. The zero-order valence-corrected chi connectivity index (χ0v) is 16.9. The standard InChI is InChI=1S/C22H23N7O2/c30-21(15-6-5-10-23-12-15)25-19-14-29(20-9-3-4-11-31-20)28-18(19)13-24-22-26-16-7-1-2-8-17(16)27-22/h1-2,5-8,10,12,14,20H,3-4,9,11,13H2,(H,25,30)(H2,24,26,27). The van der Waals surface area contributed by atoms with E-state index in [0.29, 0.717) is 36.0 Å². The van der Waals surface area contributed by atoms with E-state index in [-0.39, 0.29) is 12.1 Å². The summed E-state index contributed by atoms with van der Waals surface area (Å²) in [4.78, 5) is 24.5. The van der Waals surface area contributed by atoms with Gasteiger partial charge in [0.25, 0.3) is 5.91 Å². The van der Waals surface area contributed by atoms with Crippen molar-refractivity contribution < 1.29 is 9.53 Å². The number of carbonyl (C=O) groups is 1. The number of fused-ring (bicyclic) bond motifs is 1. The zero-order valence-electron chi connectivity index (χ0n) is 16.9. The maximum atomic E-state index is 12.7. The summed E-state index contributed by atoms with van der Waals surface area (Å²) in [5, 5.41) is 10.9. The lowest BCUT2D eigenvalue weighted by Crippen LogP contribution is -2.18. The minimum Gasteiger partial charge on any atom is -0.357 e. The van der Waals surface area contributed by atoms with Crippen molar-refractivity contribution in [1.82, 2.24) is 24.7 Å². The number of aromatic nitrogens is 5. The summed E-state index contributed by atoms with van der Waals surface area (Å²) in [6, 6.07) is 11.3. The van der Waals surface area contributed by atoms with Crippen molar-refractivity contribution in [2.75, 3.05) is 17.2 Å². The highest BCUT2D eigenvalue weighted by Gasteiger charge is 2.21. The third-order valence-electron chi connectivity index (χ3n) is 5.24. The van der Waals surface area contributed by atoms with Crippen LogP contribution in [0.1, 0.15) is 41.5 Å². The van der Waals surface area contributed by atoms with E-state index in [1.54, 1.807) is 23.0 Å². The molecule has 5 rings (SSSR count). The van der Waals surface area contributed by atoms with E-state index in [0.717, 1.165) is 30.3 Å². The number of nitrogens with one attached hydrogen (secondary N) is 3. The average Bonchev–Trinajstić information content (AvgIpc) is 3.42. The number of pyridine rings is 1. The number of para-hydroxylation sites is 2. The van der Waals surface area contributed by atoms with Crippen LogP contribution in [0, 0.1) is 0 Å². The summed E-state index contributed by atoms with van der Waals surface area (Å²) in [6.07, 6.45) is 7.93. The minimum absolute atomic E-state index is 0.122. The molecule has 0 saturated carbocycles. The highest BCUT2D eigenvalue weighted by molar-refractivity contribution is 6.04. The highest BCUT2D eigenvalue weighted by atomic mass is 16.5. The molecular formula is C22H23N7O2. The Kier molecular flexibility index (Phi) is 5.32. The van der Waals surface area contributed by atoms with Crippen LogP contribution in [0.25, 0.3) is 11.0 Å². The molecule has 1 aliphatic rings. The van der Waals surface area contributed by atoms with Crippen LogP contribution in [0.15, 0.2) is 55.0 Å². The van der Waals surface area contributed by atoms with Gasteiger partial charge in [-0.1, -0.05) is 12.1 Å². The van der Waals surface area contributed by atoms with Crippen LogP contribution in [0.5, 0.6) is 0 Å². The number of hydrogen-bond acceptors (Lipinski definition) is 6. The van der Waals surface area contributed by atoms with Crippen molar-refractivity contribution in [2.45, 2.75) is 32.0 Å². The lowest BCUT2D eigenvalue weighted by molar-refractivity contribution is -0.0396. The van der Waals surface area contributed by atoms with Gasteiger partial charge >= 0.3 is 0 Å². The summed E-state index contributed by atoms with van der Waals surface area (Å²) in [5.41, 5.74) is 3.66. The molecule has 1 aliphatic heterocycles. The Morgan fingerprint density at radius 1 is 1.23 bits per heavy atom. The first kappa shape index (κ1) is 19.3. The first-order chi connectivity index (χ1) is 15.3. The summed E-state index contributed by atoms with van der Waals surface area (Å²) in [7, 11) is 0. The van der Waals surface area contributed by atoms with Crippen LogP contribution in [-0.4, -0.2) is 37.2 Å². The second kappa shape index (κ2) is 8.57. The monoisotopic (exact) mass is 417 g/mol. The fourth-order valence-electron chi connectivity index (χ4n) is 3.64. The Balaban J connectivity index is 1.38. The van der Waals surface area contributed by atoms with Crippen molar-refractivity contribution >= 4 is 28.6 Å². The third-order valence-corrected chi connectivity index (χ3v) is 5.24. The van der Waals surface area contributed by atoms with Crippen molar-refractivity contribution in [3.63, 3.8) is 0 Å². The summed E-state index contributed by atoms with van der Waals surface area (Å²) in [5.74, 6) is 0.413. The number of H-pyrrole nitrogens is 1. The Labute approximate surface area is 178 Å². The predicted octanol–water partition coefficient (Wildman–Crippen LogP) is 3.72. The second-order valence-electron chi connectivity index (χ2n) is 7.44. The first-order valence-electron chi connectivity index (χ1n) is 10.4. The number of ether oxygens (including phenoxy) is 1. The third kappa shape index (κ3) is 4.26. The molecule has 1 fully saturated rings. The number of imidazole rings is 1. The van der Waals surface area contributed by atoms with E-state index in [2.05, 4.69) is 25.6 Å². The number of aromatic amines is 1. The molecule has 158 valence electrons. The molecule has 3 aromatic heterocycles. The maximum absolute atomic E-state index is 12.7. The van der Waals surface area contributed by atoms with Gasteiger partial charge in [-0.25, -0.2) is 9.67 Å². The number of rotatable bonds is 6. The SMILES string of the molecule is O=C(Nc1cn(C2CCCCO2)nc1CNc1nc2ccccc2[nH]1)c1cccnc1. The zero-order chi connectivity index (χ0) is 21.0. The van der Waals surface area contributed by atoms with Crippen LogP contribution in [-0.2, 0) is 11.3 Å². The van der Waals surface area contributed by atoms with Crippen molar-refractivity contribution in [3.8, 4) is 0 Å². The molecular weight excluding hydrogens is 394 g/mol. The number of carbonyl (C=O) groups excluding carboxylic acids is 1. The van der Waals surface area contributed by atoms with Gasteiger partial charge in [0, 0.05) is 19.0 Å². The van der Waals surface area contributed by atoms with E-state index >= 15 is 0 Å². The van der Waals surface area contributed by atoms with Gasteiger partial charge in [0.05, 0.1) is 35.0 Å². The molecule has 3 N–H and O–H groups in total. The molecule has 1 amide bonds. The molecule has 0 aliphatic carbocycles. The van der Waals surface area contributed by atoms with E-state index in [1.807, 2.05) is 30.5 Å². The Morgan fingerprint density at radius 3 is 2.97 bits per heavy atom. The number of nitrogens with zero attached hydrogens (tertiary/aromatic N) is 4. The van der Waals surface area contributed by atoms with E-state index < -0.39 is 0 Å². The second-order valence-corrected chi connectivity index (χ2v) is 7.44. The molecule has 4 aromatic rings. The first-order valence-corrected chi connectivity index (χ1v) is 10.4. The normalized spacial score (nSPS) is 16.3. The van der Waals surface area contributed by atoms with E-state index in [9.17, 15) is 4.79 Å². The van der Waals surface area contributed by atoms with Gasteiger partial charge in [0.1, 0.15) is 11.9 Å². The Morgan fingerprint density at radius 2 is 2.16 bits per heavy atom. The summed E-state index contributed by atoms with van der Waals surface area (Å²) < 4.78 is 7.66. The average molecular weight is 417 g/mol. The lowest BCUT2D eigenvalue weighted by atomic mass is 10.2. The van der Waals surface area contributed by atoms with E-state index in [4.69, 9.17) is 9.84 Å². The topological polar surface area (TPSA) is 110 Å². The van der Waals surface area contributed by atoms with Gasteiger partial charge < -0.3 is 20.4 Å². The molecule has 1 saturated heterocycles. The molecule has 0 bridgehead atoms. The number of benzene rings is 1. The molecule has 1 aromatic carbocycles. The summed E-state index contributed by atoms with van der Waals surface area (Å²) in [6.45, 7) is 1.11. The van der Waals surface area contributed by atoms with Gasteiger partial charge in [-0.05, 0) is 43.5 Å². The highest BCUT2D eigenvalue weighted by Crippen LogP contribution is 2.26. The van der Waals surface area contributed by atoms with Gasteiger partial charge in [0.15, 0.2) is 0 Å². The van der Waals surface area contributed by atoms with Crippen LogP contribution < -0.4 is 10.6 Å². The smallest absolute Gasteiger partial charge is 0.257 e. The predicted molar refractivity (Wildman–Crippen MR) is 117 cm³/mol. The molecule has 1 unspecified atom stereocenters. The molecule has 0 spiro atoms. The van der Waals surface area contributed by atoms with E-state index in [1.165, 1.54) is 6.20 Å². The summed E-state index contributed by atoms with van der Waals surface area (Å²) >= 11 is 0. The van der Waals surface area contributed by atoms with Gasteiger partial charge in [-0.3, -0.25) is 9.78 Å². The van der Waals surface area contributed by atoms with Crippen molar-refractivity contribution in [2.24, 2.45) is 0 Å². The number of amides is 1. The van der Waals surface area contributed by atoms with Crippen molar-refractivity contribution in [1.29, 1.82) is 0 Å². The minimum atomic E-state index is -0.234. The molecule has 4 heterocycles. The fraction of sp³-hybridized carbons (Fsp3) is 0.273. The van der Waals surface area contributed by atoms with Gasteiger partial charge in [-0.2, -0.15) is 5.10 Å². The largest absolute Gasteiger partial charge is 0.357 e. The molecule has 31 heavy (non-hydrogen) atoms. The van der Waals surface area contributed by atoms with Crippen LogP contribution in [0.4, 0.5) is 11.6 Å². The molecule has 1 atom stereocenters. The fourth-order valence-corrected chi connectivity index (χ4v) is 3.64. The van der Waals surface area contributed by atoms with Crippen LogP contribution in [0.2, 0.25) is 0 Å². The van der Waals surface area contributed by atoms with Gasteiger partial charge in [-0.15, -0.1) is 0 Å². The lowest BCUT2D eigenvalue weighted by Gasteiger charge is -2.22. The molecule has 9 heteroatoms. The van der Waals surface area contributed by atoms with Gasteiger partial charge in [0.2, 0.25) is 5.95 Å². The quantitative estimate of drug-likeness (QED) is 0.441. The number of anilines is 2. The van der Waals surface area contributed by atoms with Crippen LogP contribution >= 0.6 is 0 Å².